The first-order chi connectivity index (χ1) is 14.5. The van der Waals surface area contributed by atoms with Gasteiger partial charge in [-0.1, -0.05) is 66.7 Å². The molecular weight excluding hydrogens is 398 g/mol. The van der Waals surface area contributed by atoms with E-state index in [0.29, 0.717) is 5.56 Å². The maximum absolute atomic E-state index is 12.6. The first kappa shape index (κ1) is 21.6. The van der Waals surface area contributed by atoms with E-state index in [4.69, 9.17) is 10.5 Å². The lowest BCUT2D eigenvalue weighted by Gasteiger charge is -2.23. The molecule has 5 nitrogen and oxygen atoms in total. The Balaban J connectivity index is 1.92. The van der Waals surface area contributed by atoms with Crippen LogP contribution in [0.1, 0.15) is 21.2 Å². The smallest absolute Gasteiger partial charge is 0.247 e. The fourth-order valence-corrected chi connectivity index (χ4v) is 4.35. The summed E-state index contributed by atoms with van der Waals surface area (Å²) in [4.78, 5) is 24.4. The Morgan fingerprint density at radius 1 is 0.967 bits per heavy atom. The number of ketones is 1. The van der Waals surface area contributed by atoms with Crippen LogP contribution in [0.5, 0.6) is 5.75 Å². The third-order valence-corrected chi connectivity index (χ3v) is 6.04. The van der Waals surface area contributed by atoms with Gasteiger partial charge >= 0.3 is 0 Å². The van der Waals surface area contributed by atoms with E-state index in [9.17, 15) is 14.7 Å². The van der Waals surface area contributed by atoms with E-state index in [-0.39, 0.29) is 11.5 Å². The Hall–Kier alpha value is -3.09. The number of ether oxygens (including phenoxy) is 1. The van der Waals surface area contributed by atoms with Gasteiger partial charge in [-0.15, -0.1) is 11.8 Å². The highest BCUT2D eigenvalue weighted by Crippen LogP contribution is 2.39. The molecular formula is C24H23NO4S. The summed E-state index contributed by atoms with van der Waals surface area (Å²) in [6.07, 6.45) is -1.43. The predicted octanol–water partition coefficient (Wildman–Crippen LogP) is 3.87. The molecule has 3 aromatic carbocycles. The monoisotopic (exact) mass is 421 g/mol. The summed E-state index contributed by atoms with van der Waals surface area (Å²) in [6, 6.07) is 23.9. The van der Waals surface area contributed by atoms with Crippen LogP contribution in [0.2, 0.25) is 0 Å². The number of Topliss-reactive ketones (excluding diaryl/α,β-unsaturated/α-hetero) is 1. The molecule has 30 heavy (non-hydrogen) atoms. The van der Waals surface area contributed by atoms with Gasteiger partial charge in [-0.3, -0.25) is 9.59 Å². The van der Waals surface area contributed by atoms with Crippen molar-refractivity contribution in [2.45, 2.75) is 11.4 Å². The number of nitrogens with two attached hydrogens (primary N) is 1. The van der Waals surface area contributed by atoms with Gasteiger partial charge in [0.25, 0.3) is 0 Å². The maximum atomic E-state index is 12.6. The molecule has 0 bridgehead atoms. The fraction of sp³-hybridized carbons (Fsp3) is 0.167. The molecule has 3 rings (SSSR count). The summed E-state index contributed by atoms with van der Waals surface area (Å²) in [5.74, 6) is -0.0724. The minimum atomic E-state index is -1.43. The van der Waals surface area contributed by atoms with Gasteiger partial charge in [-0.2, -0.15) is 0 Å². The number of rotatable bonds is 9. The topological polar surface area (TPSA) is 89.6 Å². The Bertz CT molecular complexity index is 1010. The molecule has 0 aromatic heterocycles. The van der Waals surface area contributed by atoms with Crippen molar-refractivity contribution in [3.8, 4) is 16.9 Å². The molecule has 154 valence electrons. The van der Waals surface area contributed by atoms with E-state index in [2.05, 4.69) is 0 Å². The normalized spacial score (nSPS) is 12.7. The number of carbonyl (C=O) groups excluding carboxylic acids is 2. The van der Waals surface area contributed by atoms with Crippen molar-refractivity contribution >= 4 is 23.5 Å². The molecule has 0 radical (unpaired) electrons. The number of aliphatic hydroxyl groups is 1. The molecule has 0 heterocycles. The van der Waals surface area contributed by atoms with Crippen LogP contribution in [0.15, 0.2) is 78.9 Å². The maximum Gasteiger partial charge on any atom is 0.247 e. The van der Waals surface area contributed by atoms with E-state index >= 15 is 0 Å². The van der Waals surface area contributed by atoms with Crippen LogP contribution in [0, 0.1) is 0 Å². The van der Waals surface area contributed by atoms with E-state index in [1.165, 1.54) is 11.8 Å². The summed E-state index contributed by atoms with van der Waals surface area (Å²) >= 11 is 1.21. The van der Waals surface area contributed by atoms with Gasteiger partial charge in [0, 0.05) is 5.56 Å². The lowest BCUT2D eigenvalue weighted by Crippen LogP contribution is -2.33. The minimum absolute atomic E-state index is 0.0794. The van der Waals surface area contributed by atoms with Crippen LogP contribution in [0.3, 0.4) is 0 Å². The third-order valence-electron chi connectivity index (χ3n) is 4.74. The summed E-state index contributed by atoms with van der Waals surface area (Å²) in [6.45, 7) is 0. The Morgan fingerprint density at radius 2 is 1.60 bits per heavy atom. The molecule has 3 N–H and O–H groups in total. The summed E-state index contributed by atoms with van der Waals surface area (Å²) in [5.41, 5.74) is 8.49. The predicted molar refractivity (Wildman–Crippen MR) is 120 cm³/mol. The number of carbonyl (C=O) groups is 2. The van der Waals surface area contributed by atoms with Crippen LogP contribution in [0.25, 0.3) is 11.1 Å². The number of benzene rings is 3. The molecule has 0 fully saturated rings. The first-order valence-corrected chi connectivity index (χ1v) is 10.5. The quantitative estimate of drug-likeness (QED) is 0.512. The van der Waals surface area contributed by atoms with E-state index < -0.39 is 17.3 Å². The van der Waals surface area contributed by atoms with Gasteiger partial charge in [0.1, 0.15) is 11.9 Å². The van der Waals surface area contributed by atoms with Crippen LogP contribution in [-0.2, 0) is 4.79 Å². The number of amides is 1. The van der Waals surface area contributed by atoms with Gasteiger partial charge in [0.2, 0.25) is 5.91 Å². The molecule has 0 saturated carbocycles. The van der Waals surface area contributed by atoms with E-state index in [1.54, 1.807) is 31.4 Å². The van der Waals surface area contributed by atoms with Crippen LogP contribution in [-0.4, -0.2) is 35.8 Å². The number of methoxy groups -OCH3 is 1. The van der Waals surface area contributed by atoms with Crippen molar-refractivity contribution in [2.75, 3.05) is 12.9 Å². The highest BCUT2D eigenvalue weighted by Gasteiger charge is 2.29. The lowest BCUT2D eigenvalue weighted by molar-refractivity contribution is -0.126. The average Bonchev–Trinajstić information content (AvgIpc) is 2.79. The number of thioether (sulfide) groups is 1. The molecule has 0 aliphatic heterocycles. The molecule has 0 spiro atoms. The van der Waals surface area contributed by atoms with Crippen LogP contribution >= 0.6 is 11.8 Å². The zero-order valence-corrected chi connectivity index (χ0v) is 17.3. The molecule has 0 aliphatic rings. The summed E-state index contributed by atoms with van der Waals surface area (Å²) in [7, 11) is 1.60. The number of hydrogen-bond donors (Lipinski definition) is 2. The SMILES string of the molecule is COc1ccc(-c2ccccc2C(SCC(=O)c2ccccc2)C(O)C(N)=O)cc1. The summed E-state index contributed by atoms with van der Waals surface area (Å²) < 4.78 is 5.22. The van der Waals surface area contributed by atoms with Crippen molar-refractivity contribution in [1.82, 2.24) is 0 Å². The summed E-state index contributed by atoms with van der Waals surface area (Å²) in [5, 5.41) is 9.86. The van der Waals surface area contributed by atoms with Gasteiger partial charge < -0.3 is 15.6 Å². The molecule has 3 aromatic rings. The minimum Gasteiger partial charge on any atom is -0.497 e. The lowest BCUT2D eigenvalue weighted by atomic mass is 9.95. The van der Waals surface area contributed by atoms with E-state index in [1.807, 2.05) is 54.6 Å². The molecule has 2 unspecified atom stereocenters. The second-order valence-corrected chi connectivity index (χ2v) is 7.81. The van der Waals surface area contributed by atoms with Gasteiger partial charge in [-0.05, 0) is 28.8 Å². The molecule has 0 aliphatic carbocycles. The molecule has 0 saturated heterocycles. The number of hydrogen-bond acceptors (Lipinski definition) is 5. The second-order valence-electron chi connectivity index (χ2n) is 6.68. The van der Waals surface area contributed by atoms with Gasteiger partial charge in [0.05, 0.1) is 18.1 Å². The van der Waals surface area contributed by atoms with Crippen molar-refractivity contribution in [3.05, 3.63) is 90.0 Å². The van der Waals surface area contributed by atoms with Crippen molar-refractivity contribution in [3.63, 3.8) is 0 Å². The fourth-order valence-electron chi connectivity index (χ4n) is 3.15. The second kappa shape index (κ2) is 10.1. The zero-order chi connectivity index (χ0) is 21.5. The Labute approximate surface area is 179 Å². The van der Waals surface area contributed by atoms with Crippen molar-refractivity contribution < 1.29 is 19.4 Å². The standard InChI is InChI=1S/C24H23NO4S/c1-29-18-13-11-16(12-14-18)19-9-5-6-10-20(19)23(22(27)24(25)28)30-15-21(26)17-7-3-2-4-8-17/h2-14,22-23,27H,15H2,1H3,(H2,25,28). The number of primary amides is 1. The van der Waals surface area contributed by atoms with Crippen LogP contribution < -0.4 is 10.5 Å². The average molecular weight is 422 g/mol. The van der Waals surface area contributed by atoms with E-state index in [0.717, 1.165) is 22.4 Å². The van der Waals surface area contributed by atoms with Crippen LogP contribution in [0.4, 0.5) is 0 Å². The highest BCUT2D eigenvalue weighted by atomic mass is 32.2. The first-order valence-electron chi connectivity index (χ1n) is 9.42. The Morgan fingerprint density at radius 3 is 2.23 bits per heavy atom. The zero-order valence-electron chi connectivity index (χ0n) is 16.5. The Kier molecular flexibility index (Phi) is 7.27. The van der Waals surface area contributed by atoms with Crippen molar-refractivity contribution in [2.24, 2.45) is 5.73 Å². The largest absolute Gasteiger partial charge is 0.497 e. The van der Waals surface area contributed by atoms with Crippen molar-refractivity contribution in [1.29, 1.82) is 0 Å². The molecule has 6 heteroatoms. The molecule has 2 atom stereocenters. The van der Waals surface area contributed by atoms with Gasteiger partial charge in [0.15, 0.2) is 5.78 Å². The molecule has 1 amide bonds. The van der Waals surface area contributed by atoms with Gasteiger partial charge in [-0.25, -0.2) is 0 Å². The third kappa shape index (κ3) is 5.09. The number of aliphatic hydroxyl groups excluding tert-OH is 1. The highest BCUT2D eigenvalue weighted by molar-refractivity contribution is 8.00.